The Hall–Kier alpha value is -1.06. The summed E-state index contributed by atoms with van der Waals surface area (Å²) in [7, 11) is 0. The van der Waals surface area contributed by atoms with E-state index in [1.165, 1.54) is 19.3 Å². The number of esters is 1. The highest BCUT2D eigenvalue weighted by atomic mass is 16.5. The minimum Gasteiger partial charge on any atom is -0.481 e. The van der Waals surface area contributed by atoms with Gasteiger partial charge in [-0.1, -0.05) is 47.0 Å². The van der Waals surface area contributed by atoms with Gasteiger partial charge in [-0.15, -0.1) is 0 Å². The van der Waals surface area contributed by atoms with E-state index >= 15 is 0 Å². The normalized spacial score (nSPS) is 29.8. The first kappa shape index (κ1) is 20.3. The fraction of sp³-hybridized carbons (Fsp3) is 0.905. The Morgan fingerprint density at radius 3 is 2.24 bits per heavy atom. The molecule has 2 saturated carbocycles. The first-order valence-electron chi connectivity index (χ1n) is 10.1. The molecule has 25 heavy (non-hydrogen) atoms. The summed E-state index contributed by atoms with van der Waals surface area (Å²) in [6, 6.07) is 0. The molecular formula is C21H36O4. The third-order valence-electron chi connectivity index (χ3n) is 5.99. The van der Waals surface area contributed by atoms with Crippen LogP contribution in [0.3, 0.4) is 0 Å². The molecular weight excluding hydrogens is 316 g/mol. The van der Waals surface area contributed by atoms with Crippen molar-refractivity contribution in [1.82, 2.24) is 0 Å². The van der Waals surface area contributed by atoms with Gasteiger partial charge < -0.3 is 9.84 Å². The summed E-state index contributed by atoms with van der Waals surface area (Å²) in [4.78, 5) is 24.5. The van der Waals surface area contributed by atoms with Gasteiger partial charge in [0.1, 0.15) is 6.10 Å². The number of ether oxygens (including phenoxy) is 1. The fourth-order valence-electron chi connectivity index (χ4n) is 4.59. The van der Waals surface area contributed by atoms with Crippen LogP contribution in [-0.4, -0.2) is 23.1 Å². The molecule has 0 aromatic rings. The zero-order chi connectivity index (χ0) is 18.6. The number of carboxylic acid groups (broad SMARTS) is 1. The molecule has 2 rings (SSSR count). The standard InChI is InChI=1S/C21H36O4/c1-14-10-11-16(17(12-14)19(22)23)20(24)25-18(13-21(2,3)4)15-8-6-5-7-9-15/h14-18H,5-13H2,1-4H3,(H,22,23). The summed E-state index contributed by atoms with van der Waals surface area (Å²) < 4.78 is 6.02. The smallest absolute Gasteiger partial charge is 0.310 e. The molecule has 1 N–H and O–H groups in total. The Balaban J connectivity index is 2.07. The summed E-state index contributed by atoms with van der Waals surface area (Å²) in [5.41, 5.74) is 0.0929. The van der Waals surface area contributed by atoms with Crippen LogP contribution in [0.25, 0.3) is 0 Å². The van der Waals surface area contributed by atoms with Crippen molar-refractivity contribution in [3.8, 4) is 0 Å². The molecule has 4 heteroatoms. The van der Waals surface area contributed by atoms with Crippen molar-refractivity contribution in [2.45, 2.75) is 91.6 Å². The van der Waals surface area contributed by atoms with Crippen LogP contribution in [0, 0.1) is 29.1 Å². The third-order valence-corrected chi connectivity index (χ3v) is 5.99. The SMILES string of the molecule is CC1CCC(C(=O)OC(CC(C)(C)C)C2CCCCC2)C(C(=O)O)C1. The Bertz CT molecular complexity index is 459. The molecule has 4 atom stereocenters. The summed E-state index contributed by atoms with van der Waals surface area (Å²) in [5, 5.41) is 9.54. The minimum atomic E-state index is -0.849. The maximum Gasteiger partial charge on any atom is 0.310 e. The lowest BCUT2D eigenvalue weighted by molar-refractivity contribution is -0.168. The number of carbonyl (C=O) groups excluding carboxylic acids is 1. The fourth-order valence-corrected chi connectivity index (χ4v) is 4.59. The lowest BCUT2D eigenvalue weighted by atomic mass is 9.74. The maximum atomic E-state index is 12.9. The molecule has 2 aliphatic rings. The first-order chi connectivity index (χ1) is 11.7. The molecule has 0 saturated heterocycles. The summed E-state index contributed by atoms with van der Waals surface area (Å²) in [6.07, 6.45) is 8.86. The summed E-state index contributed by atoms with van der Waals surface area (Å²) in [5.74, 6) is -1.37. The van der Waals surface area contributed by atoms with Crippen molar-refractivity contribution in [3.63, 3.8) is 0 Å². The molecule has 4 nitrogen and oxygen atoms in total. The number of hydrogen-bond donors (Lipinski definition) is 1. The van der Waals surface area contributed by atoms with Gasteiger partial charge in [-0.05, 0) is 55.8 Å². The average Bonchev–Trinajstić information content (AvgIpc) is 2.53. The van der Waals surface area contributed by atoms with Gasteiger partial charge in [0.15, 0.2) is 0 Å². The number of aliphatic carboxylic acids is 1. The molecule has 0 heterocycles. The monoisotopic (exact) mass is 352 g/mol. The molecule has 0 bridgehead atoms. The van der Waals surface area contributed by atoms with Gasteiger partial charge in [0.2, 0.25) is 0 Å². The zero-order valence-electron chi connectivity index (χ0n) is 16.4. The van der Waals surface area contributed by atoms with Crippen molar-refractivity contribution in [2.75, 3.05) is 0 Å². The van der Waals surface area contributed by atoms with E-state index < -0.39 is 17.8 Å². The van der Waals surface area contributed by atoms with Crippen molar-refractivity contribution in [2.24, 2.45) is 29.1 Å². The van der Waals surface area contributed by atoms with Crippen LogP contribution in [0.5, 0.6) is 0 Å². The molecule has 0 radical (unpaired) electrons. The summed E-state index contributed by atoms with van der Waals surface area (Å²) >= 11 is 0. The third kappa shape index (κ3) is 6.00. The predicted octanol–water partition coefficient (Wildman–Crippen LogP) is 5.05. The molecule has 0 aliphatic heterocycles. The van der Waals surface area contributed by atoms with Gasteiger partial charge >= 0.3 is 11.9 Å². The van der Waals surface area contributed by atoms with E-state index in [-0.39, 0.29) is 17.5 Å². The molecule has 0 aromatic carbocycles. The van der Waals surface area contributed by atoms with Crippen LogP contribution in [0.2, 0.25) is 0 Å². The number of hydrogen-bond acceptors (Lipinski definition) is 3. The second-order valence-electron chi connectivity index (χ2n) is 9.61. The average molecular weight is 353 g/mol. The van der Waals surface area contributed by atoms with Crippen molar-refractivity contribution in [1.29, 1.82) is 0 Å². The molecule has 2 fully saturated rings. The van der Waals surface area contributed by atoms with Gasteiger partial charge in [-0.3, -0.25) is 9.59 Å². The van der Waals surface area contributed by atoms with Gasteiger partial charge in [0.25, 0.3) is 0 Å². The largest absolute Gasteiger partial charge is 0.481 e. The van der Waals surface area contributed by atoms with Gasteiger partial charge in [0, 0.05) is 0 Å². The van der Waals surface area contributed by atoms with Crippen molar-refractivity contribution in [3.05, 3.63) is 0 Å². The molecule has 0 aromatic heterocycles. The number of carbonyl (C=O) groups is 2. The van der Waals surface area contributed by atoms with Crippen molar-refractivity contribution < 1.29 is 19.4 Å². The second-order valence-corrected chi connectivity index (χ2v) is 9.61. The Labute approximate surface area is 152 Å². The van der Waals surface area contributed by atoms with Crippen LogP contribution >= 0.6 is 0 Å². The summed E-state index contributed by atoms with van der Waals surface area (Å²) in [6.45, 7) is 8.61. The Kier molecular flexibility index (Phi) is 6.93. The lowest BCUT2D eigenvalue weighted by Crippen LogP contribution is -2.40. The molecule has 0 amide bonds. The van der Waals surface area contributed by atoms with Crippen LogP contribution in [-0.2, 0) is 14.3 Å². The van der Waals surface area contributed by atoms with Crippen LogP contribution in [0.15, 0.2) is 0 Å². The van der Waals surface area contributed by atoms with E-state index in [0.717, 1.165) is 25.7 Å². The van der Waals surface area contributed by atoms with Crippen LogP contribution < -0.4 is 0 Å². The van der Waals surface area contributed by atoms with E-state index in [0.29, 0.717) is 24.7 Å². The van der Waals surface area contributed by atoms with E-state index in [9.17, 15) is 14.7 Å². The van der Waals surface area contributed by atoms with Crippen molar-refractivity contribution >= 4 is 11.9 Å². The number of carboxylic acids is 1. The molecule has 2 aliphatic carbocycles. The molecule has 0 spiro atoms. The Morgan fingerprint density at radius 2 is 1.68 bits per heavy atom. The van der Waals surface area contributed by atoms with E-state index in [1.807, 2.05) is 0 Å². The van der Waals surface area contributed by atoms with Gasteiger partial charge in [-0.25, -0.2) is 0 Å². The first-order valence-corrected chi connectivity index (χ1v) is 10.1. The lowest BCUT2D eigenvalue weighted by Gasteiger charge is -2.36. The van der Waals surface area contributed by atoms with E-state index in [1.54, 1.807) is 0 Å². The maximum absolute atomic E-state index is 12.9. The molecule has 4 unspecified atom stereocenters. The van der Waals surface area contributed by atoms with Crippen LogP contribution in [0.1, 0.15) is 85.5 Å². The topological polar surface area (TPSA) is 63.6 Å². The highest BCUT2D eigenvalue weighted by molar-refractivity contribution is 5.81. The van der Waals surface area contributed by atoms with E-state index in [2.05, 4.69) is 27.7 Å². The Morgan fingerprint density at radius 1 is 1.04 bits per heavy atom. The van der Waals surface area contributed by atoms with Gasteiger partial charge in [0.05, 0.1) is 11.8 Å². The highest BCUT2D eigenvalue weighted by Crippen LogP contribution is 2.38. The van der Waals surface area contributed by atoms with Gasteiger partial charge in [-0.2, -0.15) is 0 Å². The van der Waals surface area contributed by atoms with Crippen LogP contribution in [0.4, 0.5) is 0 Å². The predicted molar refractivity (Wildman–Crippen MR) is 98.2 cm³/mol. The highest BCUT2D eigenvalue weighted by Gasteiger charge is 2.41. The number of rotatable bonds is 5. The molecule has 144 valence electrons. The van der Waals surface area contributed by atoms with E-state index in [4.69, 9.17) is 4.74 Å². The quantitative estimate of drug-likeness (QED) is 0.703. The minimum absolute atomic E-state index is 0.0680. The second kappa shape index (κ2) is 8.55. The zero-order valence-corrected chi connectivity index (χ0v) is 16.4.